The highest BCUT2D eigenvalue weighted by Crippen LogP contribution is 2.36. The molecule has 0 radical (unpaired) electrons. The van der Waals surface area contributed by atoms with E-state index in [1.165, 1.54) is 13.0 Å². The average molecular weight is 354 g/mol. The van der Waals surface area contributed by atoms with Crippen LogP contribution in [0.5, 0.6) is 5.75 Å². The number of rotatable bonds is 5. The summed E-state index contributed by atoms with van der Waals surface area (Å²) < 4.78 is 44.3. The van der Waals surface area contributed by atoms with E-state index in [9.17, 15) is 18.0 Å². The van der Waals surface area contributed by atoms with Crippen LogP contribution in [0.25, 0.3) is 11.1 Å². The lowest BCUT2D eigenvalue weighted by Crippen LogP contribution is -2.22. The molecule has 0 bridgehead atoms. The Hall–Kier alpha value is -2.77. The van der Waals surface area contributed by atoms with Crippen molar-refractivity contribution < 1.29 is 27.8 Å². The van der Waals surface area contributed by atoms with E-state index < -0.39 is 23.8 Å². The van der Waals surface area contributed by atoms with Gasteiger partial charge in [0.1, 0.15) is 11.6 Å². The van der Waals surface area contributed by atoms with Crippen molar-refractivity contribution in [2.75, 3.05) is 19.0 Å². The van der Waals surface area contributed by atoms with Crippen LogP contribution in [-0.2, 0) is 11.0 Å². The van der Waals surface area contributed by atoms with Crippen LogP contribution in [0.15, 0.2) is 36.5 Å². The van der Waals surface area contributed by atoms with Crippen LogP contribution >= 0.6 is 0 Å². The smallest absolute Gasteiger partial charge is 0.417 e. The Kier molecular flexibility index (Phi) is 5.20. The number of aromatic nitrogens is 1. The van der Waals surface area contributed by atoms with Crippen molar-refractivity contribution >= 4 is 11.8 Å². The van der Waals surface area contributed by atoms with Crippen LogP contribution < -0.4 is 9.64 Å². The first-order chi connectivity index (χ1) is 11.6. The summed E-state index contributed by atoms with van der Waals surface area (Å²) in [7, 11) is 3.35. The van der Waals surface area contributed by atoms with Gasteiger partial charge < -0.3 is 14.7 Å². The predicted octanol–water partition coefficient (Wildman–Crippen LogP) is 3.69. The van der Waals surface area contributed by atoms with E-state index in [4.69, 9.17) is 9.84 Å². The third kappa shape index (κ3) is 4.40. The molecule has 8 heteroatoms. The summed E-state index contributed by atoms with van der Waals surface area (Å²) in [5.74, 6) is -0.536. The molecule has 1 heterocycles. The first kappa shape index (κ1) is 18.6. The molecule has 1 aromatic carbocycles. The van der Waals surface area contributed by atoms with Crippen LogP contribution in [0.1, 0.15) is 12.5 Å². The standard InChI is InChI=1S/C17H17F3N2O3/c1-10(16(23)24)25-13-6-4-5-11(7-13)14-8-12(17(18,19)20)9-21-15(14)22(2)3/h4-10H,1-3H3,(H,23,24). The Bertz CT molecular complexity index is 776. The topological polar surface area (TPSA) is 62.7 Å². The van der Waals surface area contributed by atoms with E-state index >= 15 is 0 Å². The minimum Gasteiger partial charge on any atom is -0.479 e. The Morgan fingerprint density at radius 3 is 2.52 bits per heavy atom. The molecule has 134 valence electrons. The van der Waals surface area contributed by atoms with E-state index in [1.807, 2.05) is 0 Å². The molecule has 1 atom stereocenters. The van der Waals surface area contributed by atoms with Gasteiger partial charge in [-0.05, 0) is 30.7 Å². The molecule has 0 saturated heterocycles. The molecule has 0 spiro atoms. The predicted molar refractivity (Wildman–Crippen MR) is 86.7 cm³/mol. The first-order valence-electron chi connectivity index (χ1n) is 7.34. The summed E-state index contributed by atoms with van der Waals surface area (Å²) in [6, 6.07) is 7.24. The summed E-state index contributed by atoms with van der Waals surface area (Å²) >= 11 is 0. The molecule has 1 unspecified atom stereocenters. The zero-order valence-electron chi connectivity index (χ0n) is 13.8. The van der Waals surface area contributed by atoms with Crippen molar-refractivity contribution in [2.45, 2.75) is 19.2 Å². The van der Waals surface area contributed by atoms with Gasteiger partial charge in [0, 0.05) is 25.9 Å². The van der Waals surface area contributed by atoms with Gasteiger partial charge in [0.15, 0.2) is 6.10 Å². The van der Waals surface area contributed by atoms with E-state index in [1.54, 1.807) is 37.2 Å². The second-order valence-electron chi connectivity index (χ2n) is 5.61. The summed E-state index contributed by atoms with van der Waals surface area (Å²) in [6.45, 7) is 1.37. The number of benzene rings is 1. The van der Waals surface area contributed by atoms with Crippen LogP contribution in [0.3, 0.4) is 0 Å². The Morgan fingerprint density at radius 2 is 1.96 bits per heavy atom. The van der Waals surface area contributed by atoms with Crippen LogP contribution in [-0.4, -0.2) is 36.3 Å². The number of alkyl halides is 3. The maximum Gasteiger partial charge on any atom is 0.417 e. The van der Waals surface area contributed by atoms with Crippen molar-refractivity contribution in [1.82, 2.24) is 4.98 Å². The monoisotopic (exact) mass is 354 g/mol. The normalized spacial score (nSPS) is 12.6. The molecule has 1 aromatic heterocycles. The number of hydrogen-bond donors (Lipinski definition) is 1. The lowest BCUT2D eigenvalue weighted by atomic mass is 10.0. The lowest BCUT2D eigenvalue weighted by Gasteiger charge is -2.19. The number of aliphatic carboxylic acids is 1. The van der Waals surface area contributed by atoms with Crippen molar-refractivity contribution in [2.24, 2.45) is 0 Å². The maximum absolute atomic E-state index is 13.0. The second kappa shape index (κ2) is 7.00. The highest BCUT2D eigenvalue weighted by molar-refractivity contribution is 5.77. The fourth-order valence-corrected chi connectivity index (χ4v) is 2.17. The largest absolute Gasteiger partial charge is 0.479 e. The minimum absolute atomic E-state index is 0.245. The van der Waals surface area contributed by atoms with Gasteiger partial charge in [0.05, 0.1) is 5.56 Å². The number of halogens is 3. The summed E-state index contributed by atoms with van der Waals surface area (Å²) in [6.07, 6.45) is -4.81. The molecule has 1 N–H and O–H groups in total. The van der Waals surface area contributed by atoms with E-state index in [2.05, 4.69) is 4.98 Å². The molecule has 2 rings (SSSR count). The number of carbonyl (C=O) groups is 1. The van der Waals surface area contributed by atoms with Crippen molar-refractivity contribution in [3.8, 4) is 16.9 Å². The first-order valence-corrected chi connectivity index (χ1v) is 7.34. The quantitative estimate of drug-likeness (QED) is 0.887. The number of ether oxygens (including phenoxy) is 1. The van der Waals surface area contributed by atoms with Gasteiger partial charge in [-0.3, -0.25) is 0 Å². The maximum atomic E-state index is 13.0. The zero-order valence-corrected chi connectivity index (χ0v) is 13.8. The molecule has 0 saturated carbocycles. The molecule has 25 heavy (non-hydrogen) atoms. The van der Waals surface area contributed by atoms with Gasteiger partial charge in [-0.2, -0.15) is 13.2 Å². The summed E-state index contributed by atoms with van der Waals surface area (Å²) in [5.41, 5.74) is -0.149. The van der Waals surface area contributed by atoms with Crippen molar-refractivity contribution in [1.29, 1.82) is 0 Å². The Labute approximate surface area is 142 Å². The van der Waals surface area contributed by atoms with Gasteiger partial charge in [-0.15, -0.1) is 0 Å². The second-order valence-corrected chi connectivity index (χ2v) is 5.61. The molecule has 5 nitrogen and oxygen atoms in total. The molecular weight excluding hydrogens is 337 g/mol. The molecule has 0 aliphatic heterocycles. The summed E-state index contributed by atoms with van der Waals surface area (Å²) in [5, 5.41) is 8.91. The molecular formula is C17H17F3N2O3. The SMILES string of the molecule is CC(Oc1cccc(-c2cc(C(F)(F)F)cnc2N(C)C)c1)C(=O)O. The lowest BCUT2D eigenvalue weighted by molar-refractivity contribution is -0.144. The van der Waals surface area contributed by atoms with Crippen LogP contribution in [0.2, 0.25) is 0 Å². The fourth-order valence-electron chi connectivity index (χ4n) is 2.17. The van der Waals surface area contributed by atoms with E-state index in [-0.39, 0.29) is 11.3 Å². The average Bonchev–Trinajstić information content (AvgIpc) is 2.53. The van der Waals surface area contributed by atoms with E-state index in [0.29, 0.717) is 11.4 Å². The third-order valence-corrected chi connectivity index (χ3v) is 3.42. The number of nitrogens with zero attached hydrogens (tertiary/aromatic N) is 2. The third-order valence-electron chi connectivity index (χ3n) is 3.42. The minimum atomic E-state index is -4.52. The molecule has 2 aromatic rings. The van der Waals surface area contributed by atoms with Crippen molar-refractivity contribution in [3.63, 3.8) is 0 Å². The van der Waals surface area contributed by atoms with Gasteiger partial charge in [-0.25, -0.2) is 9.78 Å². The number of pyridine rings is 1. The molecule has 0 aliphatic carbocycles. The van der Waals surface area contributed by atoms with Gasteiger partial charge in [0.2, 0.25) is 0 Å². The number of carboxylic acids is 1. The molecule has 0 fully saturated rings. The Morgan fingerprint density at radius 1 is 1.28 bits per heavy atom. The summed E-state index contributed by atoms with van der Waals surface area (Å²) in [4.78, 5) is 16.4. The van der Waals surface area contributed by atoms with Gasteiger partial charge in [-0.1, -0.05) is 12.1 Å². The zero-order chi connectivity index (χ0) is 18.8. The molecule has 0 aliphatic rings. The van der Waals surface area contributed by atoms with E-state index in [0.717, 1.165) is 12.3 Å². The highest BCUT2D eigenvalue weighted by atomic mass is 19.4. The number of hydrogen-bond acceptors (Lipinski definition) is 4. The Balaban J connectivity index is 2.51. The van der Waals surface area contributed by atoms with Gasteiger partial charge in [0.25, 0.3) is 0 Å². The van der Waals surface area contributed by atoms with Gasteiger partial charge >= 0.3 is 12.1 Å². The van der Waals surface area contributed by atoms with Crippen LogP contribution in [0.4, 0.5) is 19.0 Å². The fraction of sp³-hybridized carbons (Fsp3) is 0.294. The van der Waals surface area contributed by atoms with Crippen LogP contribution in [0, 0.1) is 0 Å². The highest BCUT2D eigenvalue weighted by Gasteiger charge is 2.32. The molecule has 0 amide bonds. The number of anilines is 1. The van der Waals surface area contributed by atoms with Crippen molar-refractivity contribution in [3.05, 3.63) is 42.1 Å². The number of carboxylic acid groups (broad SMARTS) is 1.